The number of carbonyl (C=O) groups excluding carboxylic acids is 1. The maximum Gasteiger partial charge on any atom is 0.217 e. The first kappa shape index (κ1) is 12.9. The lowest BCUT2D eigenvalue weighted by Gasteiger charge is -2.17. The molecule has 1 aromatic carbocycles. The van der Waals surface area contributed by atoms with Gasteiger partial charge in [0.15, 0.2) is 0 Å². The highest BCUT2D eigenvalue weighted by atomic mass is 32.2. The monoisotopic (exact) mass is 239 g/mol. The molecule has 0 saturated carbocycles. The Morgan fingerprint density at radius 1 is 1.44 bits per heavy atom. The molecule has 0 fully saturated rings. The van der Waals surface area contributed by atoms with E-state index in [1.54, 1.807) is 18.9 Å². The summed E-state index contributed by atoms with van der Waals surface area (Å²) >= 11 is 1.71. The number of nitrogens with one attached hydrogen (secondary N) is 1. The van der Waals surface area contributed by atoms with Crippen LogP contribution < -0.4 is 10.1 Å². The van der Waals surface area contributed by atoms with Crippen molar-refractivity contribution in [2.24, 2.45) is 0 Å². The molecule has 0 aromatic heterocycles. The molecule has 0 radical (unpaired) electrons. The number of ether oxygens (including phenoxy) is 1. The topological polar surface area (TPSA) is 38.3 Å². The zero-order valence-corrected chi connectivity index (χ0v) is 10.6. The number of benzene rings is 1. The third-order valence-corrected chi connectivity index (χ3v) is 2.90. The minimum Gasteiger partial charge on any atom is -0.497 e. The summed E-state index contributed by atoms with van der Waals surface area (Å²) in [5, 5.41) is 2.93. The van der Waals surface area contributed by atoms with Crippen molar-refractivity contribution in [2.75, 3.05) is 19.1 Å². The number of carbonyl (C=O) groups is 1. The normalized spacial score (nSPS) is 11.9. The Labute approximate surface area is 101 Å². The largest absolute Gasteiger partial charge is 0.497 e. The van der Waals surface area contributed by atoms with E-state index in [1.807, 2.05) is 30.5 Å². The number of thioether (sulfide) groups is 1. The Bertz CT molecular complexity index is 337. The quantitative estimate of drug-likeness (QED) is 0.856. The van der Waals surface area contributed by atoms with Gasteiger partial charge in [0.1, 0.15) is 5.75 Å². The highest BCUT2D eigenvalue weighted by Gasteiger charge is 2.11. The van der Waals surface area contributed by atoms with E-state index in [1.165, 1.54) is 6.92 Å². The molecule has 0 bridgehead atoms. The van der Waals surface area contributed by atoms with Crippen molar-refractivity contribution >= 4 is 17.7 Å². The average molecular weight is 239 g/mol. The fraction of sp³-hybridized carbons (Fsp3) is 0.417. The molecule has 1 atom stereocenters. The third-order valence-electron chi connectivity index (χ3n) is 2.23. The molecule has 0 heterocycles. The van der Waals surface area contributed by atoms with Crippen LogP contribution in [0.5, 0.6) is 5.75 Å². The van der Waals surface area contributed by atoms with Crippen LogP contribution in [-0.4, -0.2) is 25.0 Å². The maximum absolute atomic E-state index is 11.1. The van der Waals surface area contributed by atoms with Gasteiger partial charge < -0.3 is 10.1 Å². The van der Waals surface area contributed by atoms with Gasteiger partial charge in [0.05, 0.1) is 13.2 Å². The molecule has 3 nitrogen and oxygen atoms in total. The van der Waals surface area contributed by atoms with Crippen LogP contribution in [-0.2, 0) is 4.79 Å². The fourth-order valence-corrected chi connectivity index (χ4v) is 2.08. The summed E-state index contributed by atoms with van der Waals surface area (Å²) in [7, 11) is 1.64. The van der Waals surface area contributed by atoms with E-state index in [-0.39, 0.29) is 11.9 Å². The van der Waals surface area contributed by atoms with Crippen LogP contribution >= 0.6 is 11.8 Å². The number of amides is 1. The summed E-state index contributed by atoms with van der Waals surface area (Å²) in [4.78, 5) is 11.1. The van der Waals surface area contributed by atoms with E-state index < -0.39 is 0 Å². The summed E-state index contributed by atoms with van der Waals surface area (Å²) in [6.45, 7) is 1.54. The Balaban J connectivity index is 2.79. The van der Waals surface area contributed by atoms with Crippen LogP contribution in [0, 0.1) is 0 Å². The van der Waals surface area contributed by atoms with Crippen LogP contribution in [0.4, 0.5) is 0 Å². The molecule has 0 spiro atoms. The summed E-state index contributed by atoms with van der Waals surface area (Å²) in [6, 6.07) is 7.85. The van der Waals surface area contributed by atoms with Gasteiger partial charge in [-0.15, -0.1) is 0 Å². The van der Waals surface area contributed by atoms with Crippen molar-refractivity contribution in [3.8, 4) is 5.75 Å². The third kappa shape index (κ3) is 3.77. The van der Waals surface area contributed by atoms with Gasteiger partial charge in [0, 0.05) is 12.7 Å². The Morgan fingerprint density at radius 3 is 2.50 bits per heavy atom. The molecular weight excluding hydrogens is 222 g/mol. The zero-order chi connectivity index (χ0) is 12.0. The van der Waals surface area contributed by atoms with Gasteiger partial charge in [-0.1, -0.05) is 12.1 Å². The molecule has 0 unspecified atom stereocenters. The minimum atomic E-state index is -0.00475. The second-order valence-electron chi connectivity index (χ2n) is 3.48. The van der Waals surface area contributed by atoms with Crippen LogP contribution in [0.1, 0.15) is 18.5 Å². The van der Waals surface area contributed by atoms with Crippen molar-refractivity contribution in [1.29, 1.82) is 0 Å². The lowest BCUT2D eigenvalue weighted by atomic mass is 10.1. The predicted octanol–water partition coefficient (Wildman–Crippen LogP) is 2.24. The van der Waals surface area contributed by atoms with Crippen molar-refractivity contribution in [2.45, 2.75) is 13.0 Å². The van der Waals surface area contributed by atoms with Gasteiger partial charge >= 0.3 is 0 Å². The average Bonchev–Trinajstić information content (AvgIpc) is 2.28. The van der Waals surface area contributed by atoms with Gasteiger partial charge in [0.25, 0.3) is 0 Å². The standard InChI is InChI=1S/C12H17NO2S/c1-9(14)13-12(8-16-3)10-4-6-11(15-2)7-5-10/h4-7,12H,8H2,1-3H3,(H,13,14)/t12-/m1/s1. The van der Waals surface area contributed by atoms with E-state index >= 15 is 0 Å². The molecule has 0 aliphatic rings. The molecule has 1 rings (SSSR count). The first-order chi connectivity index (χ1) is 7.67. The SMILES string of the molecule is COc1ccc([C@@H](CSC)NC(C)=O)cc1. The number of hydrogen-bond acceptors (Lipinski definition) is 3. The Morgan fingerprint density at radius 2 is 2.06 bits per heavy atom. The van der Waals surface area contributed by atoms with Gasteiger partial charge in [-0.3, -0.25) is 4.79 Å². The van der Waals surface area contributed by atoms with Crippen molar-refractivity contribution in [3.63, 3.8) is 0 Å². The van der Waals surface area contributed by atoms with E-state index in [0.29, 0.717) is 0 Å². The molecule has 4 heteroatoms. The van der Waals surface area contributed by atoms with E-state index in [2.05, 4.69) is 5.32 Å². The van der Waals surface area contributed by atoms with Gasteiger partial charge in [-0.2, -0.15) is 11.8 Å². The molecule has 0 aliphatic heterocycles. The smallest absolute Gasteiger partial charge is 0.217 e. The fourth-order valence-electron chi connectivity index (χ4n) is 1.47. The maximum atomic E-state index is 11.1. The zero-order valence-electron chi connectivity index (χ0n) is 9.82. The van der Waals surface area contributed by atoms with Gasteiger partial charge in [0.2, 0.25) is 5.91 Å². The molecule has 1 aromatic rings. The van der Waals surface area contributed by atoms with E-state index in [9.17, 15) is 4.79 Å². The molecule has 0 aliphatic carbocycles. The van der Waals surface area contributed by atoms with E-state index in [4.69, 9.17) is 4.74 Å². The Hall–Kier alpha value is -1.16. The summed E-state index contributed by atoms with van der Waals surface area (Å²) in [5.74, 6) is 1.69. The van der Waals surface area contributed by atoms with Gasteiger partial charge in [-0.05, 0) is 24.0 Å². The lowest BCUT2D eigenvalue weighted by molar-refractivity contribution is -0.119. The second kappa shape index (κ2) is 6.43. The van der Waals surface area contributed by atoms with Crippen LogP contribution in [0.15, 0.2) is 24.3 Å². The van der Waals surface area contributed by atoms with Crippen molar-refractivity contribution in [1.82, 2.24) is 5.32 Å². The molecule has 1 N–H and O–H groups in total. The Kier molecular flexibility index (Phi) is 5.19. The number of hydrogen-bond donors (Lipinski definition) is 1. The molecule has 1 amide bonds. The van der Waals surface area contributed by atoms with Crippen LogP contribution in [0.25, 0.3) is 0 Å². The first-order valence-corrected chi connectivity index (χ1v) is 6.46. The molecule has 16 heavy (non-hydrogen) atoms. The molecular formula is C12H17NO2S. The predicted molar refractivity (Wildman–Crippen MR) is 67.9 cm³/mol. The first-order valence-electron chi connectivity index (χ1n) is 5.07. The minimum absolute atomic E-state index is 0.00475. The highest BCUT2D eigenvalue weighted by Crippen LogP contribution is 2.20. The molecule has 88 valence electrons. The van der Waals surface area contributed by atoms with Crippen LogP contribution in [0.3, 0.4) is 0 Å². The lowest BCUT2D eigenvalue weighted by Crippen LogP contribution is -2.27. The van der Waals surface area contributed by atoms with Crippen molar-refractivity contribution < 1.29 is 9.53 Å². The number of rotatable bonds is 5. The van der Waals surface area contributed by atoms with Gasteiger partial charge in [-0.25, -0.2) is 0 Å². The van der Waals surface area contributed by atoms with Crippen molar-refractivity contribution in [3.05, 3.63) is 29.8 Å². The number of methoxy groups -OCH3 is 1. The summed E-state index contributed by atoms with van der Waals surface area (Å²) in [6.07, 6.45) is 2.03. The summed E-state index contributed by atoms with van der Waals surface area (Å²) in [5.41, 5.74) is 1.10. The highest BCUT2D eigenvalue weighted by molar-refractivity contribution is 7.98. The molecule has 0 saturated heterocycles. The second-order valence-corrected chi connectivity index (χ2v) is 4.39. The van der Waals surface area contributed by atoms with E-state index in [0.717, 1.165) is 17.1 Å². The summed E-state index contributed by atoms with van der Waals surface area (Å²) < 4.78 is 5.10. The van der Waals surface area contributed by atoms with Crippen LogP contribution in [0.2, 0.25) is 0 Å².